The van der Waals surface area contributed by atoms with Gasteiger partial charge in [0.2, 0.25) is 0 Å². The van der Waals surface area contributed by atoms with Gasteiger partial charge in [0.1, 0.15) is 0 Å². The second-order valence-corrected chi connectivity index (χ2v) is 3.61. The summed E-state index contributed by atoms with van der Waals surface area (Å²) in [7, 11) is 0. The van der Waals surface area contributed by atoms with Crippen LogP contribution in [0.5, 0.6) is 0 Å². The van der Waals surface area contributed by atoms with Gasteiger partial charge in [0.15, 0.2) is 0 Å². The second kappa shape index (κ2) is 3.17. The molecule has 0 atom stereocenters. The fraction of sp³-hybridized carbons (Fsp3) is 0.143. The van der Waals surface area contributed by atoms with E-state index in [9.17, 15) is 0 Å². The van der Waals surface area contributed by atoms with E-state index in [2.05, 4.69) is 0 Å². The molecule has 0 spiro atoms. The Hall–Kier alpha value is -0.0900. The molecular weight excluding hydrogens is 227 g/mol. The summed E-state index contributed by atoms with van der Waals surface area (Å²) >= 11 is -0.703. The maximum atomic E-state index is 8.74. The Bertz CT molecular complexity index is 181. The third-order valence-electron chi connectivity index (χ3n) is 1.11. The van der Waals surface area contributed by atoms with Crippen LogP contribution in [-0.4, -0.2) is 3.44 Å². The Balaban J connectivity index is 2.88. The summed E-state index contributed by atoms with van der Waals surface area (Å²) in [4.78, 5) is 0. The van der Waals surface area contributed by atoms with Gasteiger partial charge >= 0.3 is 65.4 Å². The number of aryl methyl sites for hydroxylation is 1. The molecule has 0 unspecified atom stereocenters. The molecule has 0 bridgehead atoms. The van der Waals surface area contributed by atoms with Crippen LogP contribution in [0.3, 0.4) is 0 Å². The Labute approximate surface area is 65.5 Å². The van der Waals surface area contributed by atoms with Gasteiger partial charge in [0, 0.05) is 0 Å². The third-order valence-corrected chi connectivity index (χ3v) is 2.38. The summed E-state index contributed by atoms with van der Waals surface area (Å²) in [5.74, 6) is 0. The van der Waals surface area contributed by atoms with Crippen LogP contribution in [-0.2, 0) is 0 Å². The van der Waals surface area contributed by atoms with Crippen LogP contribution in [0.1, 0.15) is 5.56 Å². The predicted octanol–water partition coefficient (Wildman–Crippen LogP) is -1.84. The van der Waals surface area contributed by atoms with Crippen molar-refractivity contribution in [2.24, 2.45) is 0 Å². The van der Waals surface area contributed by atoms with E-state index in [4.69, 9.17) is 3.44 Å². The summed E-state index contributed by atoms with van der Waals surface area (Å²) < 4.78 is 9.82. The topological polar surface area (TPSA) is 20.2 Å². The van der Waals surface area contributed by atoms with Gasteiger partial charge in [0.25, 0.3) is 0 Å². The van der Waals surface area contributed by atoms with Gasteiger partial charge in [-0.3, -0.25) is 0 Å². The van der Waals surface area contributed by atoms with Gasteiger partial charge in [-0.25, -0.2) is 0 Å². The predicted molar refractivity (Wildman–Crippen MR) is 32.1 cm³/mol. The summed E-state index contributed by atoms with van der Waals surface area (Å²) in [6.45, 7) is 2.04. The maximum absolute atomic E-state index is 8.74. The first-order chi connectivity index (χ1) is 4.33. The van der Waals surface area contributed by atoms with Crippen molar-refractivity contribution in [2.75, 3.05) is 0 Å². The number of hydrogen-bond acceptors (Lipinski definition) is 1. The Morgan fingerprint density at radius 2 is 1.78 bits per heavy atom. The number of hydrogen-bond donors (Lipinski definition) is 1. The molecule has 0 radical (unpaired) electrons. The molecule has 0 amide bonds. The Kier molecular flexibility index (Phi) is 2.48. The van der Waals surface area contributed by atoms with Gasteiger partial charge in [-0.15, -0.1) is 0 Å². The van der Waals surface area contributed by atoms with Gasteiger partial charge in [-0.2, -0.15) is 0 Å². The summed E-state index contributed by atoms with van der Waals surface area (Å²) in [5.41, 5.74) is 1.25. The third kappa shape index (κ3) is 1.95. The first-order valence-electron chi connectivity index (χ1n) is 2.68. The molecule has 2 heteroatoms. The Morgan fingerprint density at radius 1 is 1.22 bits per heavy atom. The first-order valence-corrected chi connectivity index (χ1v) is 4.72. The molecule has 1 rings (SSSR count). The van der Waals surface area contributed by atoms with Crippen LogP contribution in [0.4, 0.5) is 0 Å². The van der Waals surface area contributed by atoms with Crippen molar-refractivity contribution < 1.29 is 25.1 Å². The molecule has 0 heterocycles. The quantitative estimate of drug-likeness (QED) is 0.567. The molecule has 0 aromatic heterocycles. The van der Waals surface area contributed by atoms with E-state index in [1.54, 1.807) is 0 Å². The molecule has 0 aliphatic carbocycles. The minimum atomic E-state index is -0.703. The molecule has 0 saturated heterocycles. The van der Waals surface area contributed by atoms with Crippen molar-refractivity contribution in [1.29, 1.82) is 0 Å². The van der Waals surface area contributed by atoms with E-state index in [-0.39, 0.29) is 0 Å². The molecule has 1 aromatic carbocycles. The fourth-order valence-electron chi connectivity index (χ4n) is 0.590. The van der Waals surface area contributed by atoms with Crippen molar-refractivity contribution >= 4 is 0 Å². The fourth-order valence-corrected chi connectivity index (χ4v) is 1.27. The normalized spacial score (nSPS) is 10.0. The standard InChI is InChI=1S/C7H8IO/c1-6-2-4-7(8-9)5-3-6/h2-5,9H,1H3/q-1. The zero-order chi connectivity index (χ0) is 6.69. The molecule has 50 valence electrons. The number of rotatable bonds is 1. The average molecular weight is 235 g/mol. The average Bonchev–Trinajstić information content (AvgIpc) is 1.90. The minimum absolute atomic E-state index is 0.703. The van der Waals surface area contributed by atoms with Crippen molar-refractivity contribution in [2.45, 2.75) is 6.92 Å². The van der Waals surface area contributed by atoms with Crippen molar-refractivity contribution in [3.8, 4) is 0 Å². The summed E-state index contributed by atoms with van der Waals surface area (Å²) in [6, 6.07) is 7.99. The van der Waals surface area contributed by atoms with E-state index < -0.39 is 21.6 Å². The van der Waals surface area contributed by atoms with Gasteiger partial charge in [0.05, 0.1) is 0 Å². The van der Waals surface area contributed by atoms with Gasteiger partial charge in [-0.1, -0.05) is 0 Å². The SMILES string of the molecule is Cc1ccc([I-]O)cc1. The van der Waals surface area contributed by atoms with E-state index >= 15 is 0 Å². The zero-order valence-electron chi connectivity index (χ0n) is 5.13. The van der Waals surface area contributed by atoms with E-state index in [1.807, 2.05) is 31.2 Å². The first kappa shape index (κ1) is 7.02. The second-order valence-electron chi connectivity index (χ2n) is 1.88. The summed E-state index contributed by atoms with van der Waals surface area (Å²) in [5, 5.41) is 0. The van der Waals surface area contributed by atoms with Gasteiger partial charge in [-0.05, 0) is 0 Å². The monoisotopic (exact) mass is 235 g/mol. The molecule has 0 fully saturated rings. The van der Waals surface area contributed by atoms with E-state index in [0.29, 0.717) is 0 Å². The van der Waals surface area contributed by atoms with Crippen molar-refractivity contribution in [1.82, 2.24) is 0 Å². The van der Waals surface area contributed by atoms with Crippen LogP contribution in [0.25, 0.3) is 0 Å². The number of benzene rings is 1. The van der Waals surface area contributed by atoms with Crippen LogP contribution in [0, 0.1) is 10.5 Å². The van der Waals surface area contributed by atoms with Crippen LogP contribution < -0.4 is 21.6 Å². The molecule has 0 aliphatic heterocycles. The van der Waals surface area contributed by atoms with E-state index in [1.165, 1.54) is 5.56 Å². The van der Waals surface area contributed by atoms with Crippen molar-refractivity contribution in [3.05, 3.63) is 33.4 Å². The van der Waals surface area contributed by atoms with Crippen molar-refractivity contribution in [3.63, 3.8) is 0 Å². The zero-order valence-corrected chi connectivity index (χ0v) is 7.29. The number of halogens is 1. The molecule has 1 nitrogen and oxygen atoms in total. The molecule has 9 heavy (non-hydrogen) atoms. The van der Waals surface area contributed by atoms with Crippen LogP contribution in [0.15, 0.2) is 24.3 Å². The molecule has 0 aliphatic rings. The van der Waals surface area contributed by atoms with Crippen LogP contribution >= 0.6 is 0 Å². The van der Waals surface area contributed by atoms with Crippen LogP contribution in [0.2, 0.25) is 0 Å². The molecule has 1 aromatic rings. The van der Waals surface area contributed by atoms with Gasteiger partial charge < -0.3 is 0 Å². The molecule has 1 N–H and O–H groups in total. The molecular formula is C7H8IO-. The summed E-state index contributed by atoms with van der Waals surface area (Å²) in [6.07, 6.45) is 0. The Morgan fingerprint density at radius 3 is 2.22 bits per heavy atom. The molecule has 0 saturated carbocycles. The van der Waals surface area contributed by atoms with E-state index in [0.717, 1.165) is 3.57 Å².